The lowest BCUT2D eigenvalue weighted by atomic mass is 10.2. The van der Waals surface area contributed by atoms with Crippen LogP contribution in [0.25, 0.3) is 0 Å². The average molecular weight is 328 g/mol. The minimum Gasteiger partial charge on any atom is -0.454 e. The molecule has 0 saturated heterocycles. The van der Waals surface area contributed by atoms with Gasteiger partial charge in [-0.1, -0.05) is 15.9 Å². The third-order valence-electron chi connectivity index (χ3n) is 2.43. The van der Waals surface area contributed by atoms with Crippen molar-refractivity contribution in [3.63, 3.8) is 0 Å². The van der Waals surface area contributed by atoms with Crippen LogP contribution in [0.2, 0.25) is 0 Å². The standard InChI is InChI=1S/C14H12BrF2NO/c1-18-8-9-4-11(16)7-12(5-9)19-14-6-10(15)2-3-13(14)17/h2-7,18H,8H2,1H3. The third-order valence-corrected chi connectivity index (χ3v) is 2.93. The first kappa shape index (κ1) is 14.0. The van der Waals surface area contributed by atoms with Crippen LogP contribution in [-0.2, 0) is 6.54 Å². The molecule has 2 aromatic rings. The quantitative estimate of drug-likeness (QED) is 0.906. The summed E-state index contributed by atoms with van der Waals surface area (Å²) in [6, 6.07) is 8.64. The van der Waals surface area contributed by atoms with Crippen LogP contribution in [0.15, 0.2) is 40.9 Å². The van der Waals surface area contributed by atoms with Gasteiger partial charge in [-0.15, -0.1) is 0 Å². The van der Waals surface area contributed by atoms with Crippen molar-refractivity contribution in [2.45, 2.75) is 6.54 Å². The van der Waals surface area contributed by atoms with Crippen LogP contribution in [-0.4, -0.2) is 7.05 Å². The van der Waals surface area contributed by atoms with Crippen molar-refractivity contribution < 1.29 is 13.5 Å². The van der Waals surface area contributed by atoms with Gasteiger partial charge in [0, 0.05) is 17.1 Å². The summed E-state index contributed by atoms with van der Waals surface area (Å²) in [6.07, 6.45) is 0. The van der Waals surface area contributed by atoms with E-state index in [0.717, 1.165) is 5.56 Å². The zero-order valence-electron chi connectivity index (χ0n) is 10.2. The van der Waals surface area contributed by atoms with E-state index < -0.39 is 11.6 Å². The van der Waals surface area contributed by atoms with Gasteiger partial charge in [-0.2, -0.15) is 0 Å². The molecule has 0 bridgehead atoms. The fourth-order valence-electron chi connectivity index (χ4n) is 1.67. The number of rotatable bonds is 4. The lowest BCUT2D eigenvalue weighted by molar-refractivity contribution is 0.437. The van der Waals surface area contributed by atoms with E-state index in [4.69, 9.17) is 4.74 Å². The number of nitrogens with one attached hydrogen (secondary N) is 1. The highest BCUT2D eigenvalue weighted by Gasteiger charge is 2.07. The zero-order valence-corrected chi connectivity index (χ0v) is 11.8. The first-order valence-corrected chi connectivity index (χ1v) is 6.45. The molecule has 2 aromatic carbocycles. The molecule has 2 rings (SSSR count). The second-order valence-electron chi connectivity index (χ2n) is 4.00. The molecule has 0 heterocycles. The molecule has 2 nitrogen and oxygen atoms in total. The smallest absolute Gasteiger partial charge is 0.165 e. The van der Waals surface area contributed by atoms with Gasteiger partial charge in [0.2, 0.25) is 0 Å². The highest BCUT2D eigenvalue weighted by atomic mass is 79.9. The second kappa shape index (κ2) is 6.12. The lowest BCUT2D eigenvalue weighted by Gasteiger charge is -2.09. The Labute approximate surface area is 118 Å². The third kappa shape index (κ3) is 3.75. The predicted octanol–water partition coefficient (Wildman–Crippen LogP) is 4.24. The fourth-order valence-corrected chi connectivity index (χ4v) is 2.01. The molecule has 0 aromatic heterocycles. The summed E-state index contributed by atoms with van der Waals surface area (Å²) in [5, 5.41) is 2.92. The normalized spacial score (nSPS) is 10.5. The first-order valence-electron chi connectivity index (χ1n) is 5.65. The lowest BCUT2D eigenvalue weighted by Crippen LogP contribution is -2.05. The Balaban J connectivity index is 2.29. The summed E-state index contributed by atoms with van der Waals surface area (Å²) in [6.45, 7) is 0.509. The molecule has 0 spiro atoms. The van der Waals surface area contributed by atoms with Crippen molar-refractivity contribution in [1.82, 2.24) is 5.32 Å². The van der Waals surface area contributed by atoms with Crippen LogP contribution >= 0.6 is 15.9 Å². The maximum atomic E-state index is 13.6. The van der Waals surface area contributed by atoms with Gasteiger partial charge in [-0.3, -0.25) is 0 Å². The van der Waals surface area contributed by atoms with E-state index in [2.05, 4.69) is 21.2 Å². The number of halogens is 3. The van der Waals surface area contributed by atoms with E-state index in [1.54, 1.807) is 19.2 Å². The van der Waals surface area contributed by atoms with Gasteiger partial charge < -0.3 is 10.1 Å². The second-order valence-corrected chi connectivity index (χ2v) is 4.92. The van der Waals surface area contributed by atoms with Crippen LogP contribution in [0, 0.1) is 11.6 Å². The van der Waals surface area contributed by atoms with Gasteiger partial charge in [0.15, 0.2) is 11.6 Å². The fraction of sp³-hybridized carbons (Fsp3) is 0.143. The molecule has 0 unspecified atom stereocenters. The Morgan fingerprint density at radius 3 is 2.68 bits per heavy atom. The molecular weight excluding hydrogens is 316 g/mol. The van der Waals surface area contributed by atoms with E-state index in [-0.39, 0.29) is 11.5 Å². The molecule has 0 amide bonds. The molecule has 5 heteroatoms. The summed E-state index contributed by atoms with van der Waals surface area (Å²) >= 11 is 3.23. The monoisotopic (exact) mass is 327 g/mol. The van der Waals surface area contributed by atoms with Crippen molar-refractivity contribution >= 4 is 15.9 Å². The molecular formula is C14H12BrF2NO. The van der Waals surface area contributed by atoms with Crippen molar-refractivity contribution in [2.75, 3.05) is 7.05 Å². The zero-order chi connectivity index (χ0) is 13.8. The summed E-state index contributed by atoms with van der Waals surface area (Å²) in [4.78, 5) is 0. The molecule has 0 aliphatic carbocycles. The molecule has 0 radical (unpaired) electrons. The Morgan fingerprint density at radius 1 is 1.16 bits per heavy atom. The number of ether oxygens (including phenoxy) is 1. The predicted molar refractivity (Wildman–Crippen MR) is 73.3 cm³/mol. The van der Waals surface area contributed by atoms with E-state index in [0.29, 0.717) is 11.0 Å². The minimum atomic E-state index is -0.498. The summed E-state index contributed by atoms with van der Waals surface area (Å²) in [7, 11) is 1.76. The largest absolute Gasteiger partial charge is 0.454 e. The highest BCUT2D eigenvalue weighted by Crippen LogP contribution is 2.28. The highest BCUT2D eigenvalue weighted by molar-refractivity contribution is 9.10. The number of hydrogen-bond donors (Lipinski definition) is 1. The first-order chi connectivity index (χ1) is 9.08. The van der Waals surface area contributed by atoms with Gasteiger partial charge in [0.1, 0.15) is 11.6 Å². The van der Waals surface area contributed by atoms with Crippen molar-refractivity contribution in [3.8, 4) is 11.5 Å². The topological polar surface area (TPSA) is 21.3 Å². The molecule has 1 N–H and O–H groups in total. The summed E-state index contributed by atoms with van der Waals surface area (Å²) < 4.78 is 33.1. The number of hydrogen-bond acceptors (Lipinski definition) is 2. The molecule has 100 valence electrons. The maximum absolute atomic E-state index is 13.6. The Bertz CT molecular complexity index is 590. The SMILES string of the molecule is CNCc1cc(F)cc(Oc2cc(Br)ccc2F)c1. The van der Waals surface area contributed by atoms with E-state index in [1.807, 2.05) is 0 Å². The Morgan fingerprint density at radius 2 is 1.95 bits per heavy atom. The molecule has 19 heavy (non-hydrogen) atoms. The molecule has 0 aliphatic heterocycles. The van der Waals surface area contributed by atoms with Crippen LogP contribution in [0.3, 0.4) is 0 Å². The Kier molecular flexibility index (Phi) is 4.50. The average Bonchev–Trinajstić information content (AvgIpc) is 2.33. The molecule has 0 atom stereocenters. The summed E-state index contributed by atoms with van der Waals surface area (Å²) in [5.74, 6) is -0.599. The van der Waals surface area contributed by atoms with Crippen LogP contribution in [0.1, 0.15) is 5.56 Å². The van der Waals surface area contributed by atoms with Gasteiger partial charge in [-0.25, -0.2) is 8.78 Å². The van der Waals surface area contributed by atoms with Gasteiger partial charge in [0.05, 0.1) is 0 Å². The van der Waals surface area contributed by atoms with Crippen LogP contribution in [0.4, 0.5) is 8.78 Å². The molecule has 0 fully saturated rings. The van der Waals surface area contributed by atoms with E-state index in [9.17, 15) is 8.78 Å². The van der Waals surface area contributed by atoms with Gasteiger partial charge >= 0.3 is 0 Å². The van der Waals surface area contributed by atoms with Crippen LogP contribution < -0.4 is 10.1 Å². The van der Waals surface area contributed by atoms with Crippen molar-refractivity contribution in [2.24, 2.45) is 0 Å². The van der Waals surface area contributed by atoms with Gasteiger partial charge in [0.25, 0.3) is 0 Å². The number of benzene rings is 2. The van der Waals surface area contributed by atoms with Gasteiger partial charge in [-0.05, 0) is 42.9 Å². The molecule has 0 aliphatic rings. The van der Waals surface area contributed by atoms with E-state index in [1.165, 1.54) is 24.3 Å². The van der Waals surface area contributed by atoms with Crippen LogP contribution in [0.5, 0.6) is 11.5 Å². The Hall–Kier alpha value is -1.46. The maximum Gasteiger partial charge on any atom is 0.165 e. The molecule has 0 saturated carbocycles. The minimum absolute atomic E-state index is 0.0513. The van der Waals surface area contributed by atoms with Crippen molar-refractivity contribution in [3.05, 3.63) is 58.1 Å². The van der Waals surface area contributed by atoms with E-state index >= 15 is 0 Å². The summed E-state index contributed by atoms with van der Waals surface area (Å²) in [5.41, 5.74) is 0.730. The van der Waals surface area contributed by atoms with Crippen molar-refractivity contribution in [1.29, 1.82) is 0 Å².